The van der Waals surface area contributed by atoms with Crippen LogP contribution in [0.15, 0.2) is 52.4 Å². The van der Waals surface area contributed by atoms with E-state index in [-0.39, 0.29) is 24.0 Å². The molecule has 0 radical (unpaired) electrons. The number of fused-ring (bicyclic) bond motifs is 2. The highest BCUT2D eigenvalue weighted by Crippen LogP contribution is 2.32. The Morgan fingerprint density at radius 3 is 2.63 bits per heavy atom. The Bertz CT molecular complexity index is 1250. The largest absolute Gasteiger partial charge is 0.454 e. The van der Waals surface area contributed by atoms with E-state index in [1.807, 2.05) is 36.4 Å². The predicted octanol–water partition coefficient (Wildman–Crippen LogP) is 3.65. The molecule has 9 heteroatoms. The molecule has 0 atom stereocenters. The van der Waals surface area contributed by atoms with Gasteiger partial charge >= 0.3 is 0 Å². The van der Waals surface area contributed by atoms with Crippen molar-refractivity contribution in [2.75, 3.05) is 19.1 Å². The number of nitrogens with zero attached hydrogens (tertiary/aromatic N) is 3. The number of hydrogen-bond acceptors (Lipinski definition) is 7. The van der Waals surface area contributed by atoms with E-state index in [1.54, 1.807) is 10.6 Å². The first-order valence-corrected chi connectivity index (χ1v) is 12.9. The first kappa shape index (κ1) is 25.1. The summed E-state index contributed by atoms with van der Waals surface area (Å²) in [4.78, 5) is 33.0. The lowest BCUT2D eigenvalue weighted by Crippen LogP contribution is -2.40. The lowest BCUT2D eigenvalue weighted by molar-refractivity contribution is -0.118. The van der Waals surface area contributed by atoms with E-state index in [9.17, 15) is 9.59 Å². The van der Waals surface area contributed by atoms with Crippen molar-refractivity contribution in [3.63, 3.8) is 0 Å². The molecule has 0 bridgehead atoms. The van der Waals surface area contributed by atoms with E-state index in [0.717, 1.165) is 12.1 Å². The van der Waals surface area contributed by atoms with Crippen LogP contribution in [-0.4, -0.2) is 51.5 Å². The van der Waals surface area contributed by atoms with Crippen molar-refractivity contribution in [1.82, 2.24) is 19.8 Å². The molecule has 2 heterocycles. The summed E-state index contributed by atoms with van der Waals surface area (Å²) in [5.74, 6) is 1.43. The lowest BCUT2D eigenvalue weighted by atomic mass is 10.2. The fourth-order valence-electron chi connectivity index (χ4n) is 4.22. The summed E-state index contributed by atoms with van der Waals surface area (Å²) in [6.07, 6.45) is 0. The minimum Gasteiger partial charge on any atom is -0.454 e. The normalized spacial score (nSPS) is 12.8. The molecule has 3 aromatic rings. The van der Waals surface area contributed by atoms with Crippen LogP contribution in [-0.2, 0) is 17.9 Å². The van der Waals surface area contributed by atoms with Crippen LogP contribution in [0.3, 0.4) is 0 Å². The van der Waals surface area contributed by atoms with Gasteiger partial charge in [0.05, 0.1) is 16.7 Å². The monoisotopic (exact) mass is 496 g/mol. The number of benzene rings is 2. The van der Waals surface area contributed by atoms with Gasteiger partial charge in [0.2, 0.25) is 12.7 Å². The van der Waals surface area contributed by atoms with Gasteiger partial charge in [-0.15, -0.1) is 0 Å². The van der Waals surface area contributed by atoms with Gasteiger partial charge in [-0.1, -0.05) is 30.0 Å². The van der Waals surface area contributed by atoms with Crippen molar-refractivity contribution < 1.29 is 14.3 Å². The molecule has 35 heavy (non-hydrogen) atoms. The fraction of sp³-hybridized carbons (Fsp3) is 0.423. The molecule has 8 nitrogen and oxygen atoms in total. The van der Waals surface area contributed by atoms with Gasteiger partial charge < -0.3 is 14.8 Å². The van der Waals surface area contributed by atoms with Gasteiger partial charge in [0, 0.05) is 31.7 Å². The highest BCUT2D eigenvalue weighted by Gasteiger charge is 2.18. The summed E-state index contributed by atoms with van der Waals surface area (Å²) in [5, 5.41) is 4.07. The van der Waals surface area contributed by atoms with E-state index in [2.05, 4.69) is 37.9 Å². The van der Waals surface area contributed by atoms with E-state index < -0.39 is 0 Å². The zero-order valence-corrected chi connectivity index (χ0v) is 21.4. The van der Waals surface area contributed by atoms with Crippen LogP contribution in [0.2, 0.25) is 0 Å². The topological polar surface area (TPSA) is 85.7 Å². The minimum absolute atomic E-state index is 0.0775. The van der Waals surface area contributed by atoms with Crippen molar-refractivity contribution >= 4 is 28.6 Å². The molecule has 0 fully saturated rings. The van der Waals surface area contributed by atoms with Crippen LogP contribution in [0.4, 0.5) is 0 Å². The second-order valence-corrected chi connectivity index (χ2v) is 9.99. The molecular weight excluding hydrogens is 464 g/mol. The number of nitrogens with one attached hydrogen (secondary N) is 1. The predicted molar refractivity (Wildman–Crippen MR) is 138 cm³/mol. The molecule has 1 N–H and O–H groups in total. The van der Waals surface area contributed by atoms with Crippen LogP contribution in [0, 0.1) is 0 Å². The Kier molecular flexibility index (Phi) is 7.97. The van der Waals surface area contributed by atoms with Crippen LogP contribution in [0.1, 0.15) is 33.3 Å². The molecule has 1 amide bonds. The third-order valence-corrected chi connectivity index (χ3v) is 6.97. The zero-order valence-electron chi connectivity index (χ0n) is 20.6. The average Bonchev–Trinajstić information content (AvgIpc) is 3.30. The van der Waals surface area contributed by atoms with Gasteiger partial charge in [-0.05, 0) is 57.5 Å². The minimum atomic E-state index is -0.132. The quantitative estimate of drug-likeness (QED) is 0.339. The average molecular weight is 497 g/mol. The van der Waals surface area contributed by atoms with Crippen molar-refractivity contribution in [1.29, 1.82) is 0 Å². The van der Waals surface area contributed by atoms with Crippen LogP contribution in [0.5, 0.6) is 11.5 Å². The van der Waals surface area contributed by atoms with Crippen molar-refractivity contribution in [3.8, 4) is 11.5 Å². The molecule has 0 aliphatic carbocycles. The summed E-state index contributed by atoms with van der Waals surface area (Å²) in [6.45, 7) is 10.4. The molecule has 1 aliphatic heterocycles. The number of rotatable bonds is 10. The van der Waals surface area contributed by atoms with Crippen LogP contribution < -0.4 is 20.3 Å². The molecule has 0 unspecified atom stereocenters. The molecule has 1 aromatic heterocycles. The maximum atomic E-state index is 13.3. The molecule has 186 valence electrons. The third-order valence-electron chi connectivity index (χ3n) is 5.99. The second-order valence-electron chi connectivity index (χ2n) is 9.05. The summed E-state index contributed by atoms with van der Waals surface area (Å²) >= 11 is 1.28. The summed E-state index contributed by atoms with van der Waals surface area (Å²) in [7, 11) is 0. The third kappa shape index (κ3) is 5.97. The van der Waals surface area contributed by atoms with Gasteiger partial charge in [-0.2, -0.15) is 0 Å². The van der Waals surface area contributed by atoms with Gasteiger partial charge in [-0.25, -0.2) is 4.98 Å². The Morgan fingerprint density at radius 2 is 1.86 bits per heavy atom. The van der Waals surface area contributed by atoms with Gasteiger partial charge in [0.25, 0.3) is 5.56 Å². The Labute approximate surface area is 209 Å². The van der Waals surface area contributed by atoms with Gasteiger partial charge in [-0.3, -0.25) is 19.1 Å². The number of thioether (sulfide) groups is 1. The number of amides is 1. The van der Waals surface area contributed by atoms with Gasteiger partial charge in [0.1, 0.15) is 0 Å². The van der Waals surface area contributed by atoms with E-state index in [1.165, 1.54) is 11.8 Å². The number of aromatic nitrogens is 2. The molecule has 2 aromatic carbocycles. The Balaban J connectivity index is 1.46. The number of carbonyl (C=O) groups excluding carboxylic acids is 1. The number of carbonyl (C=O) groups is 1. The maximum Gasteiger partial charge on any atom is 0.262 e. The van der Waals surface area contributed by atoms with E-state index in [0.29, 0.717) is 52.7 Å². The van der Waals surface area contributed by atoms with E-state index in [4.69, 9.17) is 14.5 Å². The molecule has 0 spiro atoms. The first-order valence-electron chi connectivity index (χ1n) is 11.9. The smallest absolute Gasteiger partial charge is 0.262 e. The summed E-state index contributed by atoms with van der Waals surface area (Å²) in [5.41, 5.74) is 1.49. The number of ether oxygens (including phenoxy) is 2. The highest BCUT2D eigenvalue weighted by atomic mass is 32.2. The molecule has 1 aliphatic rings. The number of para-hydroxylation sites is 1. The molecule has 0 saturated heterocycles. The Hall–Kier alpha value is -3.04. The summed E-state index contributed by atoms with van der Waals surface area (Å²) < 4.78 is 12.4. The lowest BCUT2D eigenvalue weighted by Gasteiger charge is -2.30. The molecule has 4 rings (SSSR count). The zero-order chi connectivity index (χ0) is 24.9. The molecule has 0 saturated carbocycles. The first-order chi connectivity index (χ1) is 16.8. The second kappa shape index (κ2) is 11.1. The van der Waals surface area contributed by atoms with Crippen molar-refractivity contribution in [2.45, 2.75) is 58.0 Å². The summed E-state index contributed by atoms with van der Waals surface area (Å²) in [6, 6.07) is 13.7. The SMILES string of the molecule is CC(C)N(CCn1c(SCC(=O)NCc2ccc3c(c2)OCO3)nc2ccccc2c1=O)C(C)C. The maximum absolute atomic E-state index is 13.3. The van der Waals surface area contributed by atoms with Crippen molar-refractivity contribution in [2.24, 2.45) is 0 Å². The fourth-order valence-corrected chi connectivity index (χ4v) is 5.07. The standard InChI is InChI=1S/C26H32N4O4S/c1-17(2)29(18(3)4)11-12-30-25(32)20-7-5-6-8-21(20)28-26(30)35-15-24(31)27-14-19-9-10-22-23(13-19)34-16-33-22/h5-10,13,17-18H,11-12,14-16H2,1-4H3,(H,27,31). The highest BCUT2D eigenvalue weighted by molar-refractivity contribution is 7.99. The van der Waals surface area contributed by atoms with Crippen LogP contribution >= 0.6 is 11.8 Å². The number of hydrogen-bond donors (Lipinski definition) is 1. The van der Waals surface area contributed by atoms with Gasteiger partial charge in [0.15, 0.2) is 16.7 Å². The van der Waals surface area contributed by atoms with Crippen molar-refractivity contribution in [3.05, 3.63) is 58.4 Å². The molecular formula is C26H32N4O4S. The van der Waals surface area contributed by atoms with Crippen LogP contribution in [0.25, 0.3) is 10.9 Å². The van der Waals surface area contributed by atoms with E-state index >= 15 is 0 Å². The Morgan fingerprint density at radius 1 is 1.11 bits per heavy atom.